The lowest BCUT2D eigenvalue weighted by atomic mass is 10.1. The number of carbonyl (C=O) groups excluding carboxylic acids is 1. The van der Waals surface area contributed by atoms with Crippen molar-refractivity contribution in [3.8, 4) is 11.5 Å². The molecule has 26 heavy (non-hydrogen) atoms. The fraction of sp³-hybridized carbons (Fsp3) is 0.211. The van der Waals surface area contributed by atoms with Crippen LogP contribution in [-0.2, 0) is 11.2 Å². The monoisotopic (exact) mass is 429 g/mol. The highest BCUT2D eigenvalue weighted by atomic mass is 79.9. The van der Waals surface area contributed by atoms with Crippen molar-refractivity contribution in [2.24, 2.45) is 0 Å². The van der Waals surface area contributed by atoms with E-state index in [1.165, 1.54) is 17.3 Å². The number of anilines is 1. The zero-order valence-electron chi connectivity index (χ0n) is 14.1. The number of aromatic nitrogens is 2. The molecule has 2 aromatic carbocycles. The van der Waals surface area contributed by atoms with E-state index in [1.807, 2.05) is 47.4 Å². The Kier molecular flexibility index (Phi) is 4.82. The van der Waals surface area contributed by atoms with E-state index >= 15 is 0 Å². The van der Waals surface area contributed by atoms with Gasteiger partial charge in [-0.1, -0.05) is 45.9 Å². The SMILES string of the molecule is CC1Cc2ccccc2N1C(=O)CSc1nnc(-c2ccc(Br)cc2)o1. The maximum absolute atomic E-state index is 12.7. The van der Waals surface area contributed by atoms with Crippen LogP contribution in [0.2, 0.25) is 0 Å². The zero-order valence-corrected chi connectivity index (χ0v) is 16.5. The van der Waals surface area contributed by atoms with Gasteiger partial charge in [-0.3, -0.25) is 4.79 Å². The summed E-state index contributed by atoms with van der Waals surface area (Å²) < 4.78 is 6.66. The Morgan fingerprint density at radius 3 is 2.81 bits per heavy atom. The minimum absolute atomic E-state index is 0.0517. The van der Waals surface area contributed by atoms with Crippen LogP contribution >= 0.6 is 27.7 Å². The van der Waals surface area contributed by atoms with Gasteiger partial charge in [-0.2, -0.15) is 0 Å². The summed E-state index contributed by atoms with van der Waals surface area (Å²) >= 11 is 4.67. The highest BCUT2D eigenvalue weighted by Gasteiger charge is 2.30. The first-order chi connectivity index (χ1) is 12.6. The molecule has 1 aliphatic rings. The maximum atomic E-state index is 12.7. The molecular weight excluding hydrogens is 414 g/mol. The largest absolute Gasteiger partial charge is 0.411 e. The Hall–Kier alpha value is -2.12. The van der Waals surface area contributed by atoms with Crippen molar-refractivity contribution >= 4 is 39.3 Å². The Morgan fingerprint density at radius 2 is 2.00 bits per heavy atom. The van der Waals surface area contributed by atoms with Crippen LogP contribution in [0.5, 0.6) is 0 Å². The summed E-state index contributed by atoms with van der Waals surface area (Å²) in [6.45, 7) is 2.07. The highest BCUT2D eigenvalue weighted by Crippen LogP contribution is 2.33. The number of nitrogens with zero attached hydrogens (tertiary/aromatic N) is 3. The Labute approximate surface area is 163 Å². The van der Waals surface area contributed by atoms with Gasteiger partial charge in [0.25, 0.3) is 5.22 Å². The number of fused-ring (bicyclic) bond motifs is 1. The minimum Gasteiger partial charge on any atom is -0.411 e. The number of amides is 1. The minimum atomic E-state index is 0.0517. The first-order valence-corrected chi connectivity index (χ1v) is 10.0. The molecule has 1 atom stereocenters. The number of para-hydroxylation sites is 1. The third-order valence-corrected chi connectivity index (χ3v) is 5.62. The van der Waals surface area contributed by atoms with Crippen molar-refractivity contribution in [1.82, 2.24) is 10.2 Å². The van der Waals surface area contributed by atoms with Gasteiger partial charge in [-0.25, -0.2) is 0 Å². The summed E-state index contributed by atoms with van der Waals surface area (Å²) in [5.74, 6) is 0.767. The predicted octanol–water partition coefficient (Wildman–Crippen LogP) is 4.57. The molecule has 0 saturated carbocycles. The van der Waals surface area contributed by atoms with E-state index in [1.54, 1.807) is 0 Å². The van der Waals surface area contributed by atoms with Crippen LogP contribution in [0.3, 0.4) is 0 Å². The normalized spacial score (nSPS) is 15.9. The molecule has 0 saturated heterocycles. The number of halogens is 1. The molecule has 0 radical (unpaired) electrons. The van der Waals surface area contributed by atoms with Crippen LogP contribution in [0.4, 0.5) is 5.69 Å². The first-order valence-electron chi connectivity index (χ1n) is 8.24. The molecule has 132 valence electrons. The van der Waals surface area contributed by atoms with E-state index in [9.17, 15) is 4.79 Å². The summed E-state index contributed by atoms with van der Waals surface area (Å²) in [6.07, 6.45) is 0.890. The van der Waals surface area contributed by atoms with E-state index in [0.717, 1.165) is 22.1 Å². The van der Waals surface area contributed by atoms with Gasteiger partial charge in [0.1, 0.15) is 0 Å². The molecule has 7 heteroatoms. The van der Waals surface area contributed by atoms with Crippen molar-refractivity contribution in [1.29, 1.82) is 0 Å². The van der Waals surface area contributed by atoms with E-state index < -0.39 is 0 Å². The molecule has 0 aliphatic carbocycles. The van der Waals surface area contributed by atoms with Crippen molar-refractivity contribution in [3.05, 3.63) is 58.6 Å². The summed E-state index contributed by atoms with van der Waals surface area (Å²) in [4.78, 5) is 14.6. The Bertz CT molecular complexity index is 942. The van der Waals surface area contributed by atoms with Crippen LogP contribution in [0, 0.1) is 0 Å². The molecule has 1 unspecified atom stereocenters. The second-order valence-corrected chi connectivity index (χ2v) is 7.96. The number of hydrogen-bond donors (Lipinski definition) is 0. The number of benzene rings is 2. The molecule has 1 amide bonds. The molecular formula is C19H16BrN3O2S. The van der Waals surface area contributed by atoms with Crippen LogP contribution in [0.15, 0.2) is 62.6 Å². The third kappa shape index (κ3) is 3.41. The van der Waals surface area contributed by atoms with Gasteiger partial charge in [0.2, 0.25) is 11.8 Å². The third-order valence-electron chi connectivity index (χ3n) is 4.29. The van der Waals surface area contributed by atoms with Crippen molar-refractivity contribution < 1.29 is 9.21 Å². The number of carbonyl (C=O) groups is 1. The average molecular weight is 430 g/mol. The lowest BCUT2D eigenvalue weighted by Gasteiger charge is -2.22. The predicted molar refractivity (Wildman–Crippen MR) is 105 cm³/mol. The Balaban J connectivity index is 1.43. The quantitative estimate of drug-likeness (QED) is 0.568. The van der Waals surface area contributed by atoms with Crippen LogP contribution < -0.4 is 4.90 Å². The van der Waals surface area contributed by atoms with Crippen LogP contribution in [-0.4, -0.2) is 27.9 Å². The molecule has 0 fully saturated rings. The summed E-state index contributed by atoms with van der Waals surface area (Å²) in [5, 5.41) is 8.50. The number of thioether (sulfide) groups is 1. The average Bonchev–Trinajstić information content (AvgIpc) is 3.24. The van der Waals surface area contributed by atoms with Gasteiger partial charge in [0.15, 0.2) is 0 Å². The number of rotatable bonds is 4. The van der Waals surface area contributed by atoms with Gasteiger partial charge < -0.3 is 9.32 Å². The zero-order chi connectivity index (χ0) is 18.1. The molecule has 0 spiro atoms. The fourth-order valence-electron chi connectivity index (χ4n) is 3.12. The molecule has 0 bridgehead atoms. The van der Waals surface area contributed by atoms with Crippen molar-refractivity contribution in [2.45, 2.75) is 24.6 Å². The van der Waals surface area contributed by atoms with E-state index in [2.05, 4.69) is 39.1 Å². The lowest BCUT2D eigenvalue weighted by molar-refractivity contribution is -0.116. The first kappa shape index (κ1) is 17.3. The van der Waals surface area contributed by atoms with Gasteiger partial charge in [-0.15, -0.1) is 10.2 Å². The second kappa shape index (κ2) is 7.25. The van der Waals surface area contributed by atoms with Crippen LogP contribution in [0.1, 0.15) is 12.5 Å². The molecule has 3 aromatic rings. The standard InChI is InChI=1S/C19H16BrN3O2S/c1-12-10-14-4-2-3-5-16(14)23(12)17(24)11-26-19-22-21-18(25-19)13-6-8-15(20)9-7-13/h2-9,12H,10-11H2,1H3. The maximum Gasteiger partial charge on any atom is 0.277 e. The fourth-order valence-corrected chi connectivity index (χ4v) is 4.00. The van der Waals surface area contributed by atoms with Gasteiger partial charge in [0, 0.05) is 21.8 Å². The molecule has 0 N–H and O–H groups in total. The van der Waals surface area contributed by atoms with Crippen LogP contribution in [0.25, 0.3) is 11.5 Å². The summed E-state index contributed by atoms with van der Waals surface area (Å²) in [5.41, 5.74) is 3.07. The van der Waals surface area contributed by atoms with Crippen molar-refractivity contribution in [3.63, 3.8) is 0 Å². The molecule has 2 heterocycles. The smallest absolute Gasteiger partial charge is 0.277 e. The van der Waals surface area contributed by atoms with E-state index in [0.29, 0.717) is 11.1 Å². The summed E-state index contributed by atoms with van der Waals surface area (Å²) in [7, 11) is 0. The molecule has 5 nitrogen and oxygen atoms in total. The van der Waals surface area contributed by atoms with E-state index in [4.69, 9.17) is 4.42 Å². The van der Waals surface area contributed by atoms with Crippen molar-refractivity contribution in [2.75, 3.05) is 10.7 Å². The highest BCUT2D eigenvalue weighted by molar-refractivity contribution is 9.10. The van der Waals surface area contributed by atoms with Gasteiger partial charge >= 0.3 is 0 Å². The van der Waals surface area contributed by atoms with Gasteiger partial charge in [-0.05, 0) is 49.2 Å². The molecule has 1 aliphatic heterocycles. The molecule has 4 rings (SSSR count). The second-order valence-electron chi connectivity index (χ2n) is 6.11. The van der Waals surface area contributed by atoms with E-state index in [-0.39, 0.29) is 17.7 Å². The van der Waals surface area contributed by atoms with Gasteiger partial charge in [0.05, 0.1) is 5.75 Å². The number of hydrogen-bond acceptors (Lipinski definition) is 5. The lowest BCUT2D eigenvalue weighted by Crippen LogP contribution is -2.36. The topological polar surface area (TPSA) is 59.2 Å². The molecule has 1 aromatic heterocycles. The Morgan fingerprint density at radius 1 is 1.23 bits per heavy atom. The summed E-state index contributed by atoms with van der Waals surface area (Å²) in [6, 6.07) is 15.9.